The van der Waals surface area contributed by atoms with Crippen LogP contribution in [-0.2, 0) is 4.74 Å². The summed E-state index contributed by atoms with van der Waals surface area (Å²) in [7, 11) is 1.85. The van der Waals surface area contributed by atoms with Crippen molar-refractivity contribution in [2.75, 3.05) is 20.3 Å². The summed E-state index contributed by atoms with van der Waals surface area (Å²) in [6.45, 7) is 1.60. The fourth-order valence-electron chi connectivity index (χ4n) is 0.458. The van der Waals surface area contributed by atoms with Gasteiger partial charge >= 0.3 is 0 Å². The number of hydrogen-bond acceptors (Lipinski definition) is 3. The highest BCUT2D eigenvalue weighted by Gasteiger charge is 2.19. The van der Waals surface area contributed by atoms with Crippen LogP contribution in [-0.4, -0.2) is 31.3 Å². The average molecular weight is 139 g/mol. The van der Waals surface area contributed by atoms with Crippen LogP contribution in [0, 0.1) is 0 Å². The minimum absolute atomic E-state index is 0. The Hall–Kier alpha value is 0.170. The first-order valence-corrected chi connectivity index (χ1v) is 2.36. The third-order valence-corrected chi connectivity index (χ3v) is 1.20. The number of nitrogens with two attached hydrogens (primary N) is 1. The van der Waals surface area contributed by atoms with Gasteiger partial charge in [0.2, 0.25) is 0 Å². The van der Waals surface area contributed by atoms with Crippen molar-refractivity contribution in [1.29, 1.82) is 0 Å². The number of hydrazine groups is 1. The molecule has 8 heavy (non-hydrogen) atoms. The van der Waals surface area contributed by atoms with Crippen molar-refractivity contribution in [2.24, 2.45) is 5.84 Å². The van der Waals surface area contributed by atoms with E-state index in [2.05, 4.69) is 0 Å². The molecule has 4 heteroatoms. The van der Waals surface area contributed by atoms with E-state index >= 15 is 0 Å². The van der Waals surface area contributed by atoms with E-state index in [1.165, 1.54) is 0 Å². The molecule has 0 aromatic heterocycles. The molecule has 50 valence electrons. The van der Waals surface area contributed by atoms with Crippen LogP contribution in [0.4, 0.5) is 0 Å². The lowest BCUT2D eigenvalue weighted by Gasteiger charge is -2.30. The van der Waals surface area contributed by atoms with E-state index in [9.17, 15) is 0 Å². The monoisotopic (exact) mass is 138 g/mol. The number of ether oxygens (including phenoxy) is 1. The summed E-state index contributed by atoms with van der Waals surface area (Å²) in [6.07, 6.45) is 0. The highest BCUT2D eigenvalue weighted by atomic mass is 35.5. The molecule has 1 aliphatic rings. The molecule has 0 spiro atoms. The van der Waals surface area contributed by atoms with Gasteiger partial charge in [0.05, 0.1) is 19.3 Å². The van der Waals surface area contributed by atoms with Crippen molar-refractivity contribution in [1.82, 2.24) is 5.01 Å². The quantitative estimate of drug-likeness (QED) is 0.396. The summed E-state index contributed by atoms with van der Waals surface area (Å²) in [6, 6.07) is 0.472. The first-order valence-electron chi connectivity index (χ1n) is 2.36. The van der Waals surface area contributed by atoms with Gasteiger partial charge in [0, 0.05) is 7.05 Å². The zero-order chi connectivity index (χ0) is 5.28. The SMILES string of the molecule is CN(N)C1COC1.Cl. The van der Waals surface area contributed by atoms with E-state index in [1.54, 1.807) is 5.01 Å². The fourth-order valence-corrected chi connectivity index (χ4v) is 0.458. The summed E-state index contributed by atoms with van der Waals surface area (Å²) in [5.41, 5.74) is 0. The van der Waals surface area contributed by atoms with Crippen LogP contribution in [0.25, 0.3) is 0 Å². The Morgan fingerprint density at radius 1 is 1.62 bits per heavy atom. The molecule has 0 unspecified atom stereocenters. The second kappa shape index (κ2) is 3.25. The van der Waals surface area contributed by atoms with Gasteiger partial charge in [0.25, 0.3) is 0 Å². The summed E-state index contributed by atoms with van der Waals surface area (Å²) in [5, 5.41) is 1.68. The van der Waals surface area contributed by atoms with Gasteiger partial charge in [-0.1, -0.05) is 0 Å². The van der Waals surface area contributed by atoms with Crippen LogP contribution in [0.5, 0.6) is 0 Å². The number of hydrogen-bond donors (Lipinski definition) is 1. The molecule has 2 N–H and O–H groups in total. The van der Waals surface area contributed by atoms with Gasteiger partial charge in [-0.25, -0.2) is 5.01 Å². The van der Waals surface area contributed by atoms with Crippen LogP contribution >= 0.6 is 12.4 Å². The third-order valence-electron chi connectivity index (χ3n) is 1.20. The maximum Gasteiger partial charge on any atom is 0.0705 e. The molecule has 1 rings (SSSR count). The highest BCUT2D eigenvalue weighted by Crippen LogP contribution is 2.02. The van der Waals surface area contributed by atoms with Crippen molar-refractivity contribution in [3.63, 3.8) is 0 Å². The van der Waals surface area contributed by atoms with E-state index in [1.807, 2.05) is 7.05 Å². The second-order valence-electron chi connectivity index (χ2n) is 1.86. The van der Waals surface area contributed by atoms with Gasteiger partial charge < -0.3 is 4.74 Å². The van der Waals surface area contributed by atoms with Gasteiger partial charge in [-0.15, -0.1) is 12.4 Å². The van der Waals surface area contributed by atoms with Crippen LogP contribution < -0.4 is 5.84 Å². The molecule has 1 aliphatic heterocycles. The van der Waals surface area contributed by atoms with Crippen LogP contribution in [0.2, 0.25) is 0 Å². The first-order chi connectivity index (χ1) is 3.30. The Labute approximate surface area is 55.2 Å². The lowest BCUT2D eigenvalue weighted by atomic mass is 10.3. The third kappa shape index (κ3) is 1.59. The molecule has 1 saturated heterocycles. The van der Waals surface area contributed by atoms with Crippen molar-refractivity contribution < 1.29 is 4.74 Å². The van der Waals surface area contributed by atoms with E-state index in [4.69, 9.17) is 10.6 Å². The molecule has 0 atom stereocenters. The van der Waals surface area contributed by atoms with Crippen molar-refractivity contribution in [3.05, 3.63) is 0 Å². The highest BCUT2D eigenvalue weighted by molar-refractivity contribution is 5.85. The lowest BCUT2D eigenvalue weighted by Crippen LogP contribution is -2.50. The maximum absolute atomic E-state index is 5.35. The number of nitrogens with zero attached hydrogens (tertiary/aromatic N) is 1. The summed E-state index contributed by atoms with van der Waals surface area (Å²) >= 11 is 0. The maximum atomic E-state index is 5.35. The summed E-state index contributed by atoms with van der Waals surface area (Å²) in [5.74, 6) is 5.35. The molecule has 1 heterocycles. The van der Waals surface area contributed by atoms with Crippen molar-refractivity contribution >= 4 is 12.4 Å². The zero-order valence-corrected chi connectivity index (χ0v) is 5.65. The van der Waals surface area contributed by atoms with E-state index in [0.29, 0.717) is 6.04 Å². The molecule has 0 bridgehead atoms. The molecule has 0 radical (unpaired) electrons. The molecule has 0 aromatic rings. The Bertz CT molecular complexity index is 65.1. The predicted molar refractivity (Wildman–Crippen MR) is 33.8 cm³/mol. The van der Waals surface area contributed by atoms with Gasteiger partial charge in [-0.2, -0.15) is 0 Å². The molecule has 0 saturated carbocycles. The first kappa shape index (κ1) is 8.17. The Balaban J connectivity index is 0.000000490. The largest absolute Gasteiger partial charge is 0.378 e. The molecule has 0 aliphatic carbocycles. The minimum atomic E-state index is 0. The fraction of sp³-hybridized carbons (Fsp3) is 1.00. The van der Waals surface area contributed by atoms with E-state index in [0.717, 1.165) is 13.2 Å². The standard InChI is InChI=1S/C4H10N2O.ClH/c1-6(5)4-2-7-3-4;/h4H,2-3,5H2,1H3;1H. The summed E-state index contributed by atoms with van der Waals surface area (Å²) in [4.78, 5) is 0. The van der Waals surface area contributed by atoms with Crippen LogP contribution in [0.15, 0.2) is 0 Å². The smallest absolute Gasteiger partial charge is 0.0705 e. The van der Waals surface area contributed by atoms with Gasteiger partial charge in [0.15, 0.2) is 0 Å². The molecule has 1 fully saturated rings. The topological polar surface area (TPSA) is 38.5 Å². The Morgan fingerprint density at radius 3 is 2.12 bits per heavy atom. The van der Waals surface area contributed by atoms with E-state index in [-0.39, 0.29) is 12.4 Å². The van der Waals surface area contributed by atoms with Crippen molar-refractivity contribution in [2.45, 2.75) is 6.04 Å². The van der Waals surface area contributed by atoms with Crippen molar-refractivity contribution in [3.8, 4) is 0 Å². The summed E-state index contributed by atoms with van der Waals surface area (Å²) < 4.78 is 4.87. The Kier molecular flexibility index (Phi) is 3.31. The van der Waals surface area contributed by atoms with Gasteiger partial charge in [0.1, 0.15) is 0 Å². The predicted octanol–water partition coefficient (Wildman–Crippen LogP) is -0.387. The van der Waals surface area contributed by atoms with E-state index < -0.39 is 0 Å². The minimum Gasteiger partial charge on any atom is -0.378 e. The van der Waals surface area contributed by atoms with Crippen LogP contribution in [0.3, 0.4) is 0 Å². The van der Waals surface area contributed by atoms with Gasteiger partial charge in [-0.3, -0.25) is 5.84 Å². The molecule has 3 nitrogen and oxygen atoms in total. The second-order valence-corrected chi connectivity index (χ2v) is 1.86. The zero-order valence-electron chi connectivity index (χ0n) is 4.83. The number of halogens is 1. The molecule has 0 aromatic carbocycles. The van der Waals surface area contributed by atoms with Gasteiger partial charge in [-0.05, 0) is 0 Å². The van der Waals surface area contributed by atoms with Crippen LogP contribution in [0.1, 0.15) is 0 Å². The molecular weight excluding hydrogens is 128 g/mol. The molecule has 0 amide bonds. The normalized spacial score (nSPS) is 19.9. The number of likely N-dealkylation sites (N-methyl/N-ethyl adjacent to an activating group) is 1. The molecular formula is C4H11ClN2O. The number of rotatable bonds is 1. The Morgan fingerprint density at radius 2 is 2.12 bits per heavy atom. The lowest BCUT2D eigenvalue weighted by molar-refractivity contribution is -0.0564. The average Bonchev–Trinajstić information content (AvgIpc) is 1.23.